The Morgan fingerprint density at radius 1 is 1.38 bits per heavy atom. The molecule has 2 rings (SSSR count). The maximum absolute atomic E-state index is 8.82. The van der Waals surface area contributed by atoms with E-state index in [-0.39, 0.29) is 0 Å². The molecule has 2 aromatic rings. The zero-order valence-corrected chi connectivity index (χ0v) is 9.72. The van der Waals surface area contributed by atoms with Crippen molar-refractivity contribution in [1.82, 2.24) is 4.98 Å². The van der Waals surface area contributed by atoms with Crippen LogP contribution in [0.4, 0.5) is 0 Å². The highest BCUT2D eigenvalue weighted by Crippen LogP contribution is 2.29. The summed E-state index contributed by atoms with van der Waals surface area (Å²) in [5.41, 5.74) is 4.37. The molecule has 0 radical (unpaired) electrons. The van der Waals surface area contributed by atoms with Crippen LogP contribution in [0, 0.1) is 25.2 Å². The molecule has 0 atom stereocenters. The summed E-state index contributed by atoms with van der Waals surface area (Å²) in [5.74, 6) is 0.836. The van der Waals surface area contributed by atoms with Crippen LogP contribution in [0.1, 0.15) is 16.8 Å². The molecular weight excluding hydrogens is 200 g/mol. The van der Waals surface area contributed by atoms with E-state index in [0.717, 1.165) is 33.5 Å². The van der Waals surface area contributed by atoms with Gasteiger partial charge in [0, 0.05) is 16.6 Å². The number of aromatic amines is 1. The summed E-state index contributed by atoms with van der Waals surface area (Å²) >= 11 is 0. The van der Waals surface area contributed by atoms with E-state index in [4.69, 9.17) is 10.00 Å². The molecule has 1 heterocycles. The molecule has 1 N–H and O–H groups in total. The number of methoxy groups -OCH3 is 1. The lowest BCUT2D eigenvalue weighted by Crippen LogP contribution is -1.86. The van der Waals surface area contributed by atoms with Gasteiger partial charge in [-0.3, -0.25) is 0 Å². The van der Waals surface area contributed by atoms with Crippen LogP contribution in [-0.4, -0.2) is 12.1 Å². The summed E-state index contributed by atoms with van der Waals surface area (Å²) in [4.78, 5) is 3.32. The number of benzene rings is 1. The van der Waals surface area contributed by atoms with Crippen LogP contribution in [0.3, 0.4) is 0 Å². The zero-order valence-electron chi connectivity index (χ0n) is 9.72. The van der Waals surface area contributed by atoms with Gasteiger partial charge in [-0.05, 0) is 37.1 Å². The topological polar surface area (TPSA) is 48.8 Å². The number of rotatable bonds is 2. The van der Waals surface area contributed by atoms with Crippen molar-refractivity contribution in [3.63, 3.8) is 0 Å². The molecule has 1 aromatic carbocycles. The minimum Gasteiger partial charge on any atom is -0.497 e. The van der Waals surface area contributed by atoms with Gasteiger partial charge in [0.05, 0.1) is 19.6 Å². The quantitative estimate of drug-likeness (QED) is 0.835. The molecule has 0 saturated carbocycles. The molecule has 3 nitrogen and oxygen atoms in total. The number of fused-ring (bicyclic) bond motifs is 1. The van der Waals surface area contributed by atoms with Crippen molar-refractivity contribution in [2.75, 3.05) is 7.11 Å². The largest absolute Gasteiger partial charge is 0.497 e. The first-order valence-corrected chi connectivity index (χ1v) is 5.20. The molecule has 1 aromatic heterocycles. The molecule has 16 heavy (non-hydrogen) atoms. The Morgan fingerprint density at radius 3 is 2.75 bits per heavy atom. The zero-order chi connectivity index (χ0) is 11.7. The number of nitrogens with one attached hydrogen (secondary N) is 1. The fourth-order valence-corrected chi connectivity index (χ4v) is 2.05. The standard InChI is InChI=1S/C13H14N2O/c1-8-6-10(16-3)7-12-11(4-5-14)9(2)15-13(8)12/h6-7,15H,4H2,1-3H3. The summed E-state index contributed by atoms with van der Waals surface area (Å²) in [6, 6.07) is 6.18. The number of ether oxygens (including phenoxy) is 1. The van der Waals surface area contributed by atoms with Gasteiger partial charge in [-0.15, -0.1) is 0 Å². The lowest BCUT2D eigenvalue weighted by molar-refractivity contribution is 0.415. The molecule has 0 spiro atoms. The maximum Gasteiger partial charge on any atom is 0.119 e. The van der Waals surface area contributed by atoms with Crippen molar-refractivity contribution in [1.29, 1.82) is 5.26 Å². The van der Waals surface area contributed by atoms with Gasteiger partial charge in [-0.25, -0.2) is 0 Å². The summed E-state index contributed by atoms with van der Waals surface area (Å²) < 4.78 is 5.25. The predicted molar refractivity (Wildman–Crippen MR) is 63.6 cm³/mol. The summed E-state index contributed by atoms with van der Waals surface area (Å²) in [6.45, 7) is 4.04. The van der Waals surface area contributed by atoms with Crippen molar-refractivity contribution >= 4 is 10.9 Å². The van der Waals surface area contributed by atoms with Crippen LogP contribution >= 0.6 is 0 Å². The molecule has 0 aliphatic rings. The lowest BCUT2D eigenvalue weighted by Gasteiger charge is -2.03. The molecule has 3 heteroatoms. The monoisotopic (exact) mass is 214 g/mol. The Bertz CT molecular complexity index is 576. The third-order valence-corrected chi connectivity index (χ3v) is 2.89. The van der Waals surface area contributed by atoms with E-state index >= 15 is 0 Å². The summed E-state index contributed by atoms with van der Waals surface area (Å²) in [6.07, 6.45) is 0.429. The van der Waals surface area contributed by atoms with Crippen molar-refractivity contribution < 1.29 is 4.74 Å². The minimum absolute atomic E-state index is 0.429. The fourth-order valence-electron chi connectivity index (χ4n) is 2.05. The van der Waals surface area contributed by atoms with Gasteiger partial charge in [-0.2, -0.15) is 5.26 Å². The second-order valence-electron chi connectivity index (χ2n) is 3.93. The Kier molecular flexibility index (Phi) is 2.57. The van der Waals surface area contributed by atoms with E-state index in [0.29, 0.717) is 6.42 Å². The van der Waals surface area contributed by atoms with Crippen molar-refractivity contribution in [2.24, 2.45) is 0 Å². The second-order valence-corrected chi connectivity index (χ2v) is 3.93. The average molecular weight is 214 g/mol. The highest BCUT2D eigenvalue weighted by atomic mass is 16.5. The molecule has 0 fully saturated rings. The van der Waals surface area contributed by atoms with E-state index in [1.165, 1.54) is 0 Å². The molecule has 0 aliphatic carbocycles. The van der Waals surface area contributed by atoms with Crippen LogP contribution < -0.4 is 4.74 Å². The SMILES string of the molecule is COc1cc(C)c2[nH]c(C)c(CC#N)c2c1. The lowest BCUT2D eigenvalue weighted by atomic mass is 10.1. The predicted octanol–water partition coefficient (Wildman–Crippen LogP) is 2.86. The van der Waals surface area contributed by atoms with E-state index < -0.39 is 0 Å². The van der Waals surface area contributed by atoms with E-state index in [1.807, 2.05) is 26.0 Å². The molecule has 82 valence electrons. The number of nitrogens with zero attached hydrogens (tertiary/aromatic N) is 1. The number of H-pyrrole nitrogens is 1. The highest BCUT2D eigenvalue weighted by molar-refractivity contribution is 5.88. The summed E-state index contributed by atoms with van der Waals surface area (Å²) in [5, 5.41) is 9.92. The van der Waals surface area contributed by atoms with Gasteiger partial charge in [0.15, 0.2) is 0 Å². The number of nitriles is 1. The Balaban J connectivity index is 2.76. The van der Waals surface area contributed by atoms with Gasteiger partial charge < -0.3 is 9.72 Å². The Morgan fingerprint density at radius 2 is 2.12 bits per heavy atom. The molecule has 0 amide bonds. The molecule has 0 bridgehead atoms. The first-order chi connectivity index (χ1) is 7.67. The smallest absolute Gasteiger partial charge is 0.119 e. The third kappa shape index (κ3) is 1.53. The normalized spacial score (nSPS) is 10.4. The van der Waals surface area contributed by atoms with Crippen LogP contribution in [0.15, 0.2) is 12.1 Å². The van der Waals surface area contributed by atoms with Crippen LogP contribution in [-0.2, 0) is 6.42 Å². The van der Waals surface area contributed by atoms with Crippen molar-refractivity contribution in [2.45, 2.75) is 20.3 Å². The minimum atomic E-state index is 0.429. The van der Waals surface area contributed by atoms with Gasteiger partial charge in [0.1, 0.15) is 5.75 Å². The van der Waals surface area contributed by atoms with Gasteiger partial charge >= 0.3 is 0 Å². The number of hydrogen-bond acceptors (Lipinski definition) is 2. The van der Waals surface area contributed by atoms with Crippen LogP contribution in [0.2, 0.25) is 0 Å². The molecule has 0 saturated heterocycles. The van der Waals surface area contributed by atoms with E-state index in [9.17, 15) is 0 Å². The van der Waals surface area contributed by atoms with Gasteiger partial charge in [-0.1, -0.05) is 0 Å². The van der Waals surface area contributed by atoms with Crippen molar-refractivity contribution in [3.8, 4) is 11.8 Å². The molecule has 0 unspecified atom stereocenters. The van der Waals surface area contributed by atoms with E-state index in [2.05, 4.69) is 11.1 Å². The number of aromatic nitrogens is 1. The van der Waals surface area contributed by atoms with Crippen molar-refractivity contribution in [3.05, 3.63) is 29.0 Å². The second kappa shape index (κ2) is 3.90. The average Bonchev–Trinajstić information content (AvgIpc) is 2.58. The molecule has 0 aliphatic heterocycles. The molecular formula is C13H14N2O. The van der Waals surface area contributed by atoms with E-state index in [1.54, 1.807) is 7.11 Å². The number of hydrogen-bond donors (Lipinski definition) is 1. The Labute approximate surface area is 94.7 Å². The van der Waals surface area contributed by atoms with Crippen LogP contribution in [0.5, 0.6) is 5.75 Å². The fraction of sp³-hybridized carbons (Fsp3) is 0.308. The Hall–Kier alpha value is -1.95. The first-order valence-electron chi connectivity index (χ1n) is 5.20. The third-order valence-electron chi connectivity index (χ3n) is 2.89. The van der Waals surface area contributed by atoms with Gasteiger partial charge in [0.2, 0.25) is 0 Å². The van der Waals surface area contributed by atoms with Gasteiger partial charge in [0.25, 0.3) is 0 Å². The summed E-state index contributed by atoms with van der Waals surface area (Å²) in [7, 11) is 1.66. The highest BCUT2D eigenvalue weighted by Gasteiger charge is 2.11. The first kappa shape index (κ1) is 10.6. The van der Waals surface area contributed by atoms with Crippen LogP contribution in [0.25, 0.3) is 10.9 Å². The number of aryl methyl sites for hydroxylation is 2. The maximum atomic E-state index is 8.82.